The molecule has 31 heavy (non-hydrogen) atoms. The van der Waals surface area contributed by atoms with E-state index in [1.807, 2.05) is 0 Å². The number of nitrogens with one attached hydrogen (secondary N) is 2. The highest BCUT2D eigenvalue weighted by atomic mass is 35.5. The highest BCUT2D eigenvalue weighted by Crippen LogP contribution is 2.44. The largest absolute Gasteiger partial charge is 0.485 e. The summed E-state index contributed by atoms with van der Waals surface area (Å²) in [6.45, 7) is 6.94. The van der Waals surface area contributed by atoms with E-state index in [0.29, 0.717) is 54.0 Å². The Hall–Kier alpha value is -2.39. The summed E-state index contributed by atoms with van der Waals surface area (Å²) in [6.07, 6.45) is -0.674. The van der Waals surface area contributed by atoms with Crippen molar-refractivity contribution in [2.45, 2.75) is 38.9 Å². The summed E-state index contributed by atoms with van der Waals surface area (Å²) >= 11 is 6.33. The van der Waals surface area contributed by atoms with Gasteiger partial charge in [-0.1, -0.05) is 11.6 Å². The van der Waals surface area contributed by atoms with Gasteiger partial charge in [0.15, 0.2) is 11.5 Å². The Morgan fingerprint density at radius 2 is 1.97 bits per heavy atom. The maximum absolute atomic E-state index is 12.9. The molecule has 0 bridgehead atoms. The van der Waals surface area contributed by atoms with Crippen molar-refractivity contribution in [3.8, 4) is 11.5 Å². The van der Waals surface area contributed by atoms with Gasteiger partial charge in [-0.2, -0.15) is 0 Å². The molecule has 1 aromatic rings. The van der Waals surface area contributed by atoms with E-state index < -0.39 is 17.8 Å². The van der Waals surface area contributed by atoms with Crippen LogP contribution in [0, 0.1) is 5.92 Å². The molecule has 0 saturated carbocycles. The molecule has 10 heteroatoms. The third-order valence-corrected chi connectivity index (χ3v) is 5.54. The van der Waals surface area contributed by atoms with Crippen molar-refractivity contribution in [1.29, 1.82) is 0 Å². The molecule has 0 aliphatic carbocycles. The van der Waals surface area contributed by atoms with Crippen molar-refractivity contribution >= 4 is 29.3 Å². The molecule has 2 aliphatic heterocycles. The van der Waals surface area contributed by atoms with Crippen molar-refractivity contribution in [1.82, 2.24) is 10.2 Å². The van der Waals surface area contributed by atoms with Crippen LogP contribution in [-0.2, 0) is 4.74 Å². The van der Waals surface area contributed by atoms with Gasteiger partial charge in [-0.05, 0) is 33.3 Å². The van der Waals surface area contributed by atoms with Crippen LogP contribution in [0.4, 0.5) is 10.5 Å². The van der Waals surface area contributed by atoms with Gasteiger partial charge in [-0.3, -0.25) is 4.79 Å². The lowest BCUT2D eigenvalue weighted by atomic mass is 9.94. The zero-order valence-electron chi connectivity index (χ0n) is 18.3. The van der Waals surface area contributed by atoms with Gasteiger partial charge >= 0.3 is 6.09 Å². The number of likely N-dealkylation sites (tertiary alicyclic amines) is 1. The second-order valence-corrected chi connectivity index (χ2v) is 9.02. The number of β-amino-alcohol motifs (C(OH)–C–C–N with tert-alkyl or cyclic N) is 1. The lowest BCUT2D eigenvalue weighted by Gasteiger charge is -2.36. The molecule has 0 radical (unpaired) electrons. The molecule has 1 saturated heterocycles. The number of halogens is 1. The van der Waals surface area contributed by atoms with Gasteiger partial charge in [0.2, 0.25) is 0 Å². The van der Waals surface area contributed by atoms with Crippen molar-refractivity contribution in [2.24, 2.45) is 5.92 Å². The molecule has 172 valence electrons. The first kappa shape index (κ1) is 23.3. The zero-order chi connectivity index (χ0) is 22.8. The molecule has 9 nitrogen and oxygen atoms in total. The van der Waals surface area contributed by atoms with Gasteiger partial charge in [0.25, 0.3) is 5.91 Å². The molecule has 2 heterocycles. The average Bonchev–Trinajstić information content (AvgIpc) is 2.72. The number of hydrogen-bond donors (Lipinski definition) is 3. The van der Waals surface area contributed by atoms with Gasteiger partial charge in [-0.25, -0.2) is 4.79 Å². The number of carbonyl (C=O) groups is 2. The number of benzene rings is 1. The van der Waals surface area contributed by atoms with E-state index in [2.05, 4.69) is 10.6 Å². The van der Waals surface area contributed by atoms with Gasteiger partial charge < -0.3 is 34.9 Å². The van der Waals surface area contributed by atoms with Crippen LogP contribution < -0.4 is 20.1 Å². The van der Waals surface area contributed by atoms with Crippen LogP contribution in [-0.4, -0.2) is 73.6 Å². The van der Waals surface area contributed by atoms with Crippen molar-refractivity contribution in [3.63, 3.8) is 0 Å². The molecule has 1 fully saturated rings. The van der Waals surface area contributed by atoms with Gasteiger partial charge in [0.1, 0.15) is 23.8 Å². The van der Waals surface area contributed by atoms with Crippen molar-refractivity contribution in [2.75, 3.05) is 45.2 Å². The molecule has 3 rings (SSSR count). The molecule has 1 aromatic carbocycles. The van der Waals surface area contributed by atoms with Crippen LogP contribution in [0.25, 0.3) is 0 Å². The minimum Gasteiger partial charge on any atom is -0.485 e. The van der Waals surface area contributed by atoms with Crippen LogP contribution >= 0.6 is 11.6 Å². The monoisotopic (exact) mass is 455 g/mol. The molecule has 0 aromatic heterocycles. The fraction of sp³-hybridized carbons (Fsp3) is 0.619. The number of anilines is 1. The van der Waals surface area contributed by atoms with Crippen LogP contribution in [0.2, 0.25) is 5.02 Å². The maximum atomic E-state index is 12.9. The Morgan fingerprint density at radius 3 is 2.58 bits per heavy atom. The van der Waals surface area contributed by atoms with E-state index in [1.54, 1.807) is 33.9 Å². The predicted octanol–water partition coefficient (Wildman–Crippen LogP) is 2.50. The van der Waals surface area contributed by atoms with E-state index in [0.717, 1.165) is 0 Å². The first-order valence-corrected chi connectivity index (χ1v) is 10.7. The number of ether oxygens (including phenoxy) is 3. The summed E-state index contributed by atoms with van der Waals surface area (Å²) in [5, 5.41) is 16.7. The summed E-state index contributed by atoms with van der Waals surface area (Å²) < 4.78 is 16.6. The summed E-state index contributed by atoms with van der Waals surface area (Å²) in [5.41, 5.74) is 0.272. The fourth-order valence-electron chi connectivity index (χ4n) is 3.56. The Balaban J connectivity index is 1.62. The minimum atomic E-state index is -0.770. The number of aliphatic hydroxyl groups excluding tert-OH is 1. The van der Waals surface area contributed by atoms with Gasteiger partial charge in [-0.15, -0.1) is 0 Å². The Kier molecular flexibility index (Phi) is 7.06. The number of amides is 2. The minimum absolute atomic E-state index is 0.159. The molecule has 2 atom stereocenters. The highest BCUT2D eigenvalue weighted by Gasteiger charge is 2.33. The van der Waals surface area contributed by atoms with Crippen molar-refractivity contribution < 1.29 is 28.9 Å². The molecule has 2 amide bonds. The third kappa shape index (κ3) is 5.46. The quantitative estimate of drug-likeness (QED) is 0.639. The van der Waals surface area contributed by atoms with E-state index in [9.17, 15) is 14.7 Å². The summed E-state index contributed by atoms with van der Waals surface area (Å²) in [6, 6.07) is 1.62. The first-order valence-electron chi connectivity index (χ1n) is 10.3. The SMILES string of the molecule is CNc1cc(C(=O)NC[C@@H]2CCN(C(=O)OC(C)(C)C)C[C@H]2O)c2c(c1Cl)OCCO2. The standard InChI is InChI=1S/C21H30ClN3O6/c1-21(2,3)31-20(28)25-6-5-12(15(26)11-25)10-24-19(27)13-9-14(23-4)16(22)18-17(13)29-7-8-30-18/h9,12,15,23,26H,5-8,10-11H2,1-4H3,(H,24,27)/t12-,15+/m0/s1. The van der Waals surface area contributed by atoms with Crippen LogP contribution in [0.3, 0.4) is 0 Å². The number of rotatable bonds is 4. The molecule has 3 N–H and O–H groups in total. The lowest BCUT2D eigenvalue weighted by molar-refractivity contribution is -0.0122. The van der Waals surface area contributed by atoms with E-state index in [-0.39, 0.29) is 24.9 Å². The number of piperidine rings is 1. The molecular formula is C21H30ClN3O6. The topological polar surface area (TPSA) is 109 Å². The van der Waals surface area contributed by atoms with E-state index in [4.69, 9.17) is 25.8 Å². The molecule has 0 unspecified atom stereocenters. The number of aliphatic hydroxyl groups is 1. The maximum Gasteiger partial charge on any atom is 0.410 e. The van der Waals surface area contributed by atoms with E-state index in [1.165, 1.54) is 4.90 Å². The van der Waals surface area contributed by atoms with Crippen LogP contribution in [0.15, 0.2) is 6.07 Å². The van der Waals surface area contributed by atoms with Crippen LogP contribution in [0.5, 0.6) is 11.5 Å². The lowest BCUT2D eigenvalue weighted by Crippen LogP contribution is -2.50. The highest BCUT2D eigenvalue weighted by molar-refractivity contribution is 6.35. The smallest absolute Gasteiger partial charge is 0.410 e. The third-order valence-electron chi connectivity index (χ3n) is 5.16. The summed E-state index contributed by atoms with van der Waals surface area (Å²) in [5.74, 6) is 0.118. The number of fused-ring (bicyclic) bond motifs is 1. The predicted molar refractivity (Wildman–Crippen MR) is 116 cm³/mol. The Bertz CT molecular complexity index is 841. The number of hydrogen-bond acceptors (Lipinski definition) is 7. The number of carbonyl (C=O) groups excluding carboxylic acids is 2. The van der Waals surface area contributed by atoms with Gasteiger partial charge in [0, 0.05) is 26.1 Å². The molecular weight excluding hydrogens is 426 g/mol. The Labute approximate surface area is 187 Å². The second kappa shape index (κ2) is 9.40. The number of nitrogens with zero attached hydrogens (tertiary/aromatic N) is 1. The summed E-state index contributed by atoms with van der Waals surface area (Å²) in [7, 11) is 1.70. The van der Waals surface area contributed by atoms with E-state index >= 15 is 0 Å². The Morgan fingerprint density at radius 1 is 1.29 bits per heavy atom. The summed E-state index contributed by atoms with van der Waals surface area (Å²) in [4.78, 5) is 26.6. The van der Waals surface area contributed by atoms with Gasteiger partial charge in [0.05, 0.1) is 23.9 Å². The van der Waals surface area contributed by atoms with Crippen molar-refractivity contribution in [3.05, 3.63) is 16.7 Å². The first-order chi connectivity index (χ1) is 14.6. The molecule has 2 aliphatic rings. The van der Waals surface area contributed by atoms with Crippen LogP contribution in [0.1, 0.15) is 37.6 Å². The second-order valence-electron chi connectivity index (χ2n) is 8.64. The normalized spacial score (nSPS) is 20.8. The molecule has 0 spiro atoms. The fourth-order valence-corrected chi connectivity index (χ4v) is 3.85. The zero-order valence-corrected chi connectivity index (χ0v) is 19.0. The average molecular weight is 456 g/mol.